The maximum atomic E-state index is 10.9. The second-order valence-electron chi connectivity index (χ2n) is 5.20. The summed E-state index contributed by atoms with van der Waals surface area (Å²) in [6.45, 7) is 5.34. The predicted octanol–water partition coefficient (Wildman–Crippen LogP) is 3.46. The van der Waals surface area contributed by atoms with E-state index in [2.05, 4.69) is 11.8 Å². The molecule has 1 aliphatic rings. The van der Waals surface area contributed by atoms with Crippen molar-refractivity contribution in [1.82, 2.24) is 0 Å². The second kappa shape index (κ2) is 5.42. The minimum Gasteiger partial charge on any atom is -0.478 e. The van der Waals surface area contributed by atoms with Crippen LogP contribution in [-0.2, 0) is 0 Å². The number of anilines is 1. The van der Waals surface area contributed by atoms with Crippen LogP contribution in [-0.4, -0.2) is 23.7 Å². The Hall–Kier alpha value is -1.51. The molecule has 0 spiro atoms. The minimum absolute atomic E-state index is 0.374. The highest BCUT2D eigenvalue weighted by Crippen LogP contribution is 2.27. The van der Waals surface area contributed by atoms with Crippen molar-refractivity contribution in [2.75, 3.05) is 11.4 Å². The number of aromatic carboxylic acids is 1. The van der Waals surface area contributed by atoms with E-state index in [9.17, 15) is 4.79 Å². The van der Waals surface area contributed by atoms with E-state index < -0.39 is 5.97 Å². The maximum absolute atomic E-state index is 10.9. The molecule has 0 amide bonds. The molecule has 1 fully saturated rings. The van der Waals surface area contributed by atoms with Gasteiger partial charge >= 0.3 is 5.97 Å². The number of aryl methyl sites for hydroxylation is 1. The molecule has 2 rings (SSSR count). The maximum Gasteiger partial charge on any atom is 0.335 e. The average molecular weight is 247 g/mol. The Labute approximate surface area is 108 Å². The third-order valence-electron chi connectivity index (χ3n) is 3.81. The first-order chi connectivity index (χ1) is 8.59. The van der Waals surface area contributed by atoms with E-state index in [-0.39, 0.29) is 0 Å². The van der Waals surface area contributed by atoms with E-state index in [0.29, 0.717) is 11.6 Å². The molecule has 3 heteroatoms. The molecule has 0 saturated carbocycles. The molecule has 1 aromatic carbocycles. The summed E-state index contributed by atoms with van der Waals surface area (Å²) < 4.78 is 0. The van der Waals surface area contributed by atoms with Gasteiger partial charge in [-0.15, -0.1) is 0 Å². The van der Waals surface area contributed by atoms with Crippen molar-refractivity contribution in [2.45, 2.75) is 45.6 Å². The molecule has 98 valence electrons. The van der Waals surface area contributed by atoms with E-state index in [1.54, 1.807) is 12.1 Å². The molecule has 0 aliphatic carbocycles. The molecule has 18 heavy (non-hydrogen) atoms. The first kappa shape index (κ1) is 12.9. The fourth-order valence-corrected chi connectivity index (χ4v) is 2.74. The van der Waals surface area contributed by atoms with Crippen molar-refractivity contribution >= 4 is 11.7 Å². The standard InChI is InChI=1S/C15H21NO2/c1-11-10-13(15(17)18)7-8-14(11)16-9-5-3-4-6-12(16)2/h7-8,10,12H,3-6,9H2,1-2H3,(H,17,18). The van der Waals surface area contributed by atoms with Crippen LogP contribution >= 0.6 is 0 Å². The molecule has 3 nitrogen and oxygen atoms in total. The van der Waals surface area contributed by atoms with Crippen molar-refractivity contribution in [3.05, 3.63) is 29.3 Å². The summed E-state index contributed by atoms with van der Waals surface area (Å²) in [7, 11) is 0. The topological polar surface area (TPSA) is 40.5 Å². The van der Waals surface area contributed by atoms with Crippen LogP contribution < -0.4 is 4.90 Å². The van der Waals surface area contributed by atoms with Gasteiger partial charge in [0.25, 0.3) is 0 Å². The van der Waals surface area contributed by atoms with Crippen molar-refractivity contribution in [3.8, 4) is 0 Å². The fraction of sp³-hybridized carbons (Fsp3) is 0.533. The third-order valence-corrected chi connectivity index (χ3v) is 3.81. The quantitative estimate of drug-likeness (QED) is 0.870. The summed E-state index contributed by atoms with van der Waals surface area (Å²) in [5.74, 6) is -0.853. The van der Waals surface area contributed by atoms with Gasteiger partial charge in [-0.25, -0.2) is 4.79 Å². The van der Waals surface area contributed by atoms with Gasteiger partial charge in [-0.2, -0.15) is 0 Å². The molecule has 1 unspecified atom stereocenters. The molecule has 1 heterocycles. The van der Waals surface area contributed by atoms with Crippen LogP contribution in [0.1, 0.15) is 48.5 Å². The van der Waals surface area contributed by atoms with Crippen LogP contribution in [0.25, 0.3) is 0 Å². The zero-order valence-corrected chi connectivity index (χ0v) is 11.1. The van der Waals surface area contributed by atoms with Crippen LogP contribution in [0.5, 0.6) is 0 Å². The number of hydrogen-bond acceptors (Lipinski definition) is 2. The summed E-state index contributed by atoms with van der Waals surface area (Å²) >= 11 is 0. The predicted molar refractivity (Wildman–Crippen MR) is 73.4 cm³/mol. The number of carboxylic acids is 1. The lowest BCUT2D eigenvalue weighted by Crippen LogP contribution is -2.33. The van der Waals surface area contributed by atoms with Crippen LogP contribution in [0.2, 0.25) is 0 Å². The van der Waals surface area contributed by atoms with E-state index in [1.807, 2.05) is 13.0 Å². The van der Waals surface area contributed by atoms with Gasteiger partial charge in [0.15, 0.2) is 0 Å². The van der Waals surface area contributed by atoms with E-state index >= 15 is 0 Å². The Morgan fingerprint density at radius 2 is 2.11 bits per heavy atom. The first-order valence-corrected chi connectivity index (χ1v) is 6.70. The molecule has 1 saturated heterocycles. The highest BCUT2D eigenvalue weighted by Gasteiger charge is 2.19. The monoisotopic (exact) mass is 247 g/mol. The molecule has 1 N–H and O–H groups in total. The van der Waals surface area contributed by atoms with E-state index in [0.717, 1.165) is 12.1 Å². The van der Waals surface area contributed by atoms with Gasteiger partial charge in [0, 0.05) is 18.3 Å². The Morgan fingerprint density at radius 3 is 2.78 bits per heavy atom. The summed E-state index contributed by atoms with van der Waals surface area (Å²) in [6, 6.07) is 5.99. The number of rotatable bonds is 2. The van der Waals surface area contributed by atoms with Gasteiger partial charge < -0.3 is 10.0 Å². The van der Waals surface area contributed by atoms with Gasteiger partial charge in [0.1, 0.15) is 0 Å². The average Bonchev–Trinajstić information content (AvgIpc) is 2.54. The minimum atomic E-state index is -0.853. The largest absolute Gasteiger partial charge is 0.478 e. The van der Waals surface area contributed by atoms with E-state index in [1.165, 1.54) is 31.4 Å². The zero-order chi connectivity index (χ0) is 13.1. The Bertz CT molecular complexity index is 442. The number of carbonyl (C=O) groups is 1. The molecule has 1 aromatic rings. The highest BCUT2D eigenvalue weighted by atomic mass is 16.4. The molecule has 1 aliphatic heterocycles. The van der Waals surface area contributed by atoms with Crippen LogP contribution in [0, 0.1) is 6.92 Å². The van der Waals surface area contributed by atoms with Gasteiger partial charge in [0.2, 0.25) is 0 Å². The molecule has 0 aromatic heterocycles. The summed E-state index contributed by atoms with van der Waals surface area (Å²) in [6.07, 6.45) is 5.04. The number of benzene rings is 1. The number of carboxylic acid groups (broad SMARTS) is 1. The lowest BCUT2D eigenvalue weighted by atomic mass is 10.1. The lowest BCUT2D eigenvalue weighted by Gasteiger charge is -2.31. The first-order valence-electron chi connectivity index (χ1n) is 6.70. The SMILES string of the molecule is Cc1cc(C(=O)O)ccc1N1CCCCCC1C. The Kier molecular flexibility index (Phi) is 3.90. The van der Waals surface area contributed by atoms with Gasteiger partial charge in [0.05, 0.1) is 5.56 Å². The van der Waals surface area contributed by atoms with Crippen LogP contribution in [0.3, 0.4) is 0 Å². The van der Waals surface area contributed by atoms with Crippen LogP contribution in [0.4, 0.5) is 5.69 Å². The molecule has 0 bridgehead atoms. The Morgan fingerprint density at radius 1 is 1.33 bits per heavy atom. The van der Waals surface area contributed by atoms with Gasteiger partial charge in [-0.1, -0.05) is 12.8 Å². The Balaban J connectivity index is 2.29. The van der Waals surface area contributed by atoms with Crippen molar-refractivity contribution in [3.63, 3.8) is 0 Å². The summed E-state index contributed by atoms with van der Waals surface area (Å²) in [4.78, 5) is 13.4. The lowest BCUT2D eigenvalue weighted by molar-refractivity contribution is 0.0697. The zero-order valence-electron chi connectivity index (χ0n) is 11.1. The molecular formula is C15H21NO2. The van der Waals surface area contributed by atoms with Gasteiger partial charge in [-0.05, 0) is 50.5 Å². The van der Waals surface area contributed by atoms with Crippen molar-refractivity contribution < 1.29 is 9.90 Å². The summed E-state index contributed by atoms with van der Waals surface area (Å²) in [5, 5.41) is 8.99. The highest BCUT2D eigenvalue weighted by molar-refractivity contribution is 5.88. The molecule has 0 radical (unpaired) electrons. The molecular weight excluding hydrogens is 226 g/mol. The van der Waals surface area contributed by atoms with Crippen molar-refractivity contribution in [1.29, 1.82) is 0 Å². The second-order valence-corrected chi connectivity index (χ2v) is 5.20. The van der Waals surface area contributed by atoms with Crippen molar-refractivity contribution in [2.24, 2.45) is 0 Å². The normalized spacial score (nSPS) is 20.6. The summed E-state index contributed by atoms with van der Waals surface area (Å²) in [5.41, 5.74) is 2.62. The smallest absolute Gasteiger partial charge is 0.335 e. The fourth-order valence-electron chi connectivity index (χ4n) is 2.74. The van der Waals surface area contributed by atoms with Gasteiger partial charge in [-0.3, -0.25) is 0 Å². The molecule has 1 atom stereocenters. The van der Waals surface area contributed by atoms with Crippen LogP contribution in [0.15, 0.2) is 18.2 Å². The third kappa shape index (κ3) is 2.66. The van der Waals surface area contributed by atoms with E-state index in [4.69, 9.17) is 5.11 Å². The number of hydrogen-bond donors (Lipinski definition) is 1. The number of nitrogens with zero attached hydrogens (tertiary/aromatic N) is 1.